The Morgan fingerprint density at radius 3 is 1.45 bits per heavy atom. The van der Waals surface area contributed by atoms with E-state index in [0.29, 0.717) is 0 Å². The Morgan fingerprint density at radius 1 is 0.357 bits per heavy atom. The van der Waals surface area contributed by atoms with E-state index >= 15 is 0 Å². The molecule has 2 aliphatic rings. The van der Waals surface area contributed by atoms with Crippen molar-refractivity contribution in [3.05, 3.63) is 216 Å². The molecular weight excluding hydrogens is 697 g/mol. The Morgan fingerprint density at radius 2 is 0.839 bits per heavy atom. The molecule has 0 fully saturated rings. The lowest BCUT2D eigenvalue weighted by molar-refractivity contribution is 0.794. The van der Waals surface area contributed by atoms with Crippen LogP contribution in [-0.2, 0) is 5.41 Å². The van der Waals surface area contributed by atoms with E-state index in [-0.39, 0.29) is 0 Å². The molecule has 0 bridgehead atoms. The number of hydrogen-bond donors (Lipinski definition) is 0. The van der Waals surface area contributed by atoms with Crippen molar-refractivity contribution in [3.8, 4) is 67.3 Å². The van der Waals surface area contributed by atoms with Crippen LogP contribution in [-0.4, -0.2) is 9.97 Å². The summed E-state index contributed by atoms with van der Waals surface area (Å²) in [5.74, 6) is 0.729. The first-order valence-corrected chi connectivity index (χ1v) is 20.0. The van der Waals surface area contributed by atoms with Crippen LogP contribution in [0.2, 0.25) is 0 Å². The van der Waals surface area contributed by atoms with Gasteiger partial charge in [-0.25, -0.2) is 9.97 Å². The molecule has 0 radical (unpaired) electrons. The second-order valence-corrected chi connectivity index (χ2v) is 15.9. The van der Waals surface area contributed by atoms with Gasteiger partial charge in [-0.1, -0.05) is 170 Å². The SMILES string of the molecule is c1ccc(-c2cc(-c3ccccc3)nc(-c3ccc(-c4ccc5c(c4)C4(c6ccccc6-c6ccccc64)c4ccccc4-5)c4sc5ccccc5c34)n2)cc1. The third-order valence-corrected chi connectivity index (χ3v) is 13.1. The van der Waals surface area contributed by atoms with Gasteiger partial charge in [0.15, 0.2) is 5.82 Å². The van der Waals surface area contributed by atoms with E-state index in [1.54, 1.807) is 0 Å². The van der Waals surface area contributed by atoms with Crippen LogP contribution in [0.5, 0.6) is 0 Å². The van der Waals surface area contributed by atoms with E-state index in [4.69, 9.17) is 9.97 Å². The second-order valence-electron chi connectivity index (χ2n) is 14.8. The molecule has 0 aliphatic heterocycles. The lowest BCUT2D eigenvalue weighted by atomic mass is 9.70. The van der Waals surface area contributed by atoms with Gasteiger partial charge in [-0.05, 0) is 79.9 Å². The third-order valence-electron chi connectivity index (χ3n) is 11.9. The number of rotatable bonds is 4. The molecule has 10 aromatic rings. The van der Waals surface area contributed by atoms with E-state index in [2.05, 4.69) is 182 Å². The Kier molecular flexibility index (Phi) is 6.75. The molecule has 260 valence electrons. The summed E-state index contributed by atoms with van der Waals surface area (Å²) in [4.78, 5) is 10.6. The van der Waals surface area contributed by atoms with Crippen LogP contribution in [0.4, 0.5) is 0 Å². The maximum absolute atomic E-state index is 5.29. The molecule has 1 spiro atoms. The van der Waals surface area contributed by atoms with Crippen molar-refractivity contribution in [1.82, 2.24) is 9.97 Å². The Bertz CT molecular complexity index is 3080. The summed E-state index contributed by atoms with van der Waals surface area (Å²) in [7, 11) is 0. The molecule has 2 nitrogen and oxygen atoms in total. The van der Waals surface area contributed by atoms with Crippen LogP contribution in [0.1, 0.15) is 22.3 Å². The van der Waals surface area contributed by atoms with Crippen molar-refractivity contribution < 1.29 is 0 Å². The van der Waals surface area contributed by atoms with Gasteiger partial charge < -0.3 is 0 Å². The first-order valence-electron chi connectivity index (χ1n) is 19.2. The summed E-state index contributed by atoms with van der Waals surface area (Å²) < 4.78 is 2.50. The number of aromatic nitrogens is 2. The zero-order valence-electron chi connectivity index (χ0n) is 30.3. The molecular formula is C53H32N2S. The van der Waals surface area contributed by atoms with E-state index in [0.717, 1.165) is 33.9 Å². The van der Waals surface area contributed by atoms with Crippen LogP contribution in [0.15, 0.2) is 194 Å². The highest BCUT2D eigenvalue weighted by Crippen LogP contribution is 2.63. The molecule has 2 aromatic heterocycles. The number of nitrogens with zero attached hydrogens (tertiary/aromatic N) is 2. The summed E-state index contributed by atoms with van der Waals surface area (Å²) in [6.07, 6.45) is 0. The number of fused-ring (bicyclic) bond motifs is 13. The minimum atomic E-state index is -0.395. The Balaban J connectivity index is 1.11. The number of thiophene rings is 1. The maximum atomic E-state index is 5.29. The van der Waals surface area contributed by atoms with E-state index in [1.165, 1.54) is 75.8 Å². The average Bonchev–Trinajstić information content (AvgIpc) is 3.91. The minimum Gasteiger partial charge on any atom is -0.228 e. The van der Waals surface area contributed by atoms with E-state index in [1.807, 2.05) is 23.5 Å². The first-order chi connectivity index (χ1) is 27.8. The smallest absolute Gasteiger partial charge is 0.161 e. The van der Waals surface area contributed by atoms with Gasteiger partial charge in [0.25, 0.3) is 0 Å². The molecule has 3 heteroatoms. The highest BCUT2D eigenvalue weighted by molar-refractivity contribution is 7.26. The van der Waals surface area contributed by atoms with Gasteiger partial charge in [-0.3, -0.25) is 0 Å². The molecule has 56 heavy (non-hydrogen) atoms. The molecule has 12 rings (SSSR count). The molecule has 0 amide bonds. The molecule has 0 unspecified atom stereocenters. The zero-order valence-corrected chi connectivity index (χ0v) is 31.1. The van der Waals surface area contributed by atoms with Gasteiger partial charge in [-0.2, -0.15) is 0 Å². The third kappa shape index (κ3) is 4.38. The summed E-state index contributed by atoms with van der Waals surface area (Å²) in [5, 5.41) is 2.42. The summed E-state index contributed by atoms with van der Waals surface area (Å²) in [6.45, 7) is 0. The van der Waals surface area contributed by atoms with E-state index < -0.39 is 5.41 Å². The van der Waals surface area contributed by atoms with E-state index in [9.17, 15) is 0 Å². The van der Waals surface area contributed by atoms with Crippen molar-refractivity contribution in [2.24, 2.45) is 0 Å². The second kappa shape index (κ2) is 12.0. The average molecular weight is 729 g/mol. The van der Waals surface area contributed by atoms with Crippen LogP contribution >= 0.6 is 11.3 Å². The van der Waals surface area contributed by atoms with Crippen molar-refractivity contribution in [3.63, 3.8) is 0 Å². The molecule has 2 aliphatic carbocycles. The highest BCUT2D eigenvalue weighted by Gasteiger charge is 2.51. The fraction of sp³-hybridized carbons (Fsp3) is 0.0189. The fourth-order valence-corrected chi connectivity index (χ4v) is 10.8. The van der Waals surface area contributed by atoms with Crippen molar-refractivity contribution in [2.45, 2.75) is 5.41 Å². The number of benzene rings is 8. The van der Waals surface area contributed by atoms with Gasteiger partial charge in [0.05, 0.1) is 16.8 Å². The van der Waals surface area contributed by atoms with Crippen LogP contribution in [0.3, 0.4) is 0 Å². The standard InChI is InChI=1S/C53H32N2S/c1-3-15-33(16-4-1)47-32-48(34-17-5-2-6-18-34)55-52(54-47)42-30-29-36(51-50(42)41-22-10-14-26-49(41)56-51)35-27-28-40-39-21-9-13-25-45(39)53(46(40)31-35)43-23-11-7-19-37(43)38-20-8-12-24-44(38)53/h1-32H. The van der Waals surface area contributed by atoms with Gasteiger partial charge in [-0.15, -0.1) is 11.3 Å². The predicted molar refractivity (Wildman–Crippen MR) is 233 cm³/mol. The summed E-state index contributed by atoms with van der Waals surface area (Å²) in [5.41, 5.74) is 17.7. The number of hydrogen-bond acceptors (Lipinski definition) is 3. The fourth-order valence-electron chi connectivity index (χ4n) is 9.59. The van der Waals surface area contributed by atoms with Crippen LogP contribution in [0, 0.1) is 0 Å². The van der Waals surface area contributed by atoms with Gasteiger partial charge in [0, 0.05) is 36.9 Å². The van der Waals surface area contributed by atoms with Gasteiger partial charge in [0.1, 0.15) is 0 Å². The summed E-state index contributed by atoms with van der Waals surface area (Å²) in [6, 6.07) is 70.6. The lowest BCUT2D eigenvalue weighted by Gasteiger charge is -2.30. The topological polar surface area (TPSA) is 25.8 Å². The summed E-state index contributed by atoms with van der Waals surface area (Å²) >= 11 is 1.86. The monoisotopic (exact) mass is 728 g/mol. The zero-order chi connectivity index (χ0) is 36.8. The molecule has 2 heterocycles. The molecule has 0 saturated carbocycles. The molecule has 0 atom stereocenters. The first kappa shape index (κ1) is 31.4. The molecule has 8 aromatic carbocycles. The van der Waals surface area contributed by atoms with Crippen molar-refractivity contribution >= 4 is 31.5 Å². The Hall–Kier alpha value is -6.94. The lowest BCUT2D eigenvalue weighted by Crippen LogP contribution is -2.25. The Labute approximate surface area is 329 Å². The normalized spacial score (nSPS) is 13.1. The maximum Gasteiger partial charge on any atom is 0.161 e. The largest absolute Gasteiger partial charge is 0.228 e. The molecule has 0 saturated heterocycles. The van der Waals surface area contributed by atoms with Gasteiger partial charge in [0.2, 0.25) is 0 Å². The minimum absolute atomic E-state index is 0.395. The van der Waals surface area contributed by atoms with Crippen LogP contribution in [0.25, 0.3) is 87.5 Å². The van der Waals surface area contributed by atoms with Crippen molar-refractivity contribution in [2.75, 3.05) is 0 Å². The van der Waals surface area contributed by atoms with Crippen LogP contribution < -0.4 is 0 Å². The molecule has 0 N–H and O–H groups in total. The quantitative estimate of drug-likeness (QED) is 0.180. The van der Waals surface area contributed by atoms with Gasteiger partial charge >= 0.3 is 0 Å². The van der Waals surface area contributed by atoms with Crippen molar-refractivity contribution in [1.29, 1.82) is 0 Å². The predicted octanol–water partition coefficient (Wildman–Crippen LogP) is 13.9. The highest BCUT2D eigenvalue weighted by atomic mass is 32.1.